The minimum absolute atomic E-state index is 0.428. The number of nitrogens with one attached hydrogen (secondary N) is 1. The highest BCUT2D eigenvalue weighted by Crippen LogP contribution is 2.14. The summed E-state index contributed by atoms with van der Waals surface area (Å²) in [6.45, 7) is 9.33. The van der Waals surface area contributed by atoms with Crippen LogP contribution in [0.1, 0.15) is 19.8 Å². The zero-order valence-corrected chi connectivity index (χ0v) is 14.7. The van der Waals surface area contributed by atoms with Crippen LogP contribution in [0.4, 0.5) is 0 Å². The summed E-state index contributed by atoms with van der Waals surface area (Å²) in [5.74, 6) is 1.04. The Morgan fingerprint density at radius 3 is 2.55 bits per heavy atom. The lowest BCUT2D eigenvalue weighted by Crippen LogP contribution is -2.56. The highest BCUT2D eigenvalue weighted by atomic mass is 16.5. The zero-order chi connectivity index (χ0) is 15.9. The van der Waals surface area contributed by atoms with Crippen molar-refractivity contribution >= 4 is 5.96 Å². The van der Waals surface area contributed by atoms with Crippen molar-refractivity contribution in [3.8, 4) is 0 Å². The molecule has 1 atom stereocenters. The van der Waals surface area contributed by atoms with E-state index in [0.29, 0.717) is 12.1 Å². The van der Waals surface area contributed by atoms with Crippen LogP contribution in [0.2, 0.25) is 0 Å². The normalized spacial score (nSPS) is 26.5. The Bertz CT molecular complexity index is 354. The number of rotatable bonds is 4. The molecule has 0 aliphatic carbocycles. The Hall–Kier alpha value is -0.850. The van der Waals surface area contributed by atoms with Crippen molar-refractivity contribution in [3.63, 3.8) is 0 Å². The maximum atomic E-state index is 5.73. The maximum Gasteiger partial charge on any atom is 0.193 e. The molecule has 0 amide bonds. The number of ether oxygens (including phenoxy) is 1. The molecule has 0 aromatic carbocycles. The standard InChI is InChI=1S/C16H33N5O/c1-5-22-15-6-8-21(9-7-15)16(17-2)18-12-14-13-19(3)10-11-20(14)4/h14-15H,5-13H2,1-4H3,(H,17,18). The quantitative estimate of drug-likeness (QED) is 0.598. The van der Waals surface area contributed by atoms with E-state index in [1.807, 2.05) is 7.05 Å². The molecule has 0 aromatic heterocycles. The van der Waals surface area contributed by atoms with Gasteiger partial charge in [0, 0.05) is 59.0 Å². The van der Waals surface area contributed by atoms with E-state index in [4.69, 9.17) is 4.74 Å². The van der Waals surface area contributed by atoms with E-state index in [1.54, 1.807) is 0 Å². The average Bonchev–Trinajstić information content (AvgIpc) is 2.53. The second kappa shape index (κ2) is 8.70. The zero-order valence-electron chi connectivity index (χ0n) is 14.7. The SMILES string of the molecule is CCOC1CCN(C(=NC)NCC2CN(C)CCN2C)CC1. The van der Waals surface area contributed by atoms with E-state index >= 15 is 0 Å². The van der Waals surface area contributed by atoms with Gasteiger partial charge in [0.05, 0.1) is 6.10 Å². The molecule has 2 heterocycles. The van der Waals surface area contributed by atoms with Crippen LogP contribution < -0.4 is 5.32 Å². The molecular formula is C16H33N5O. The molecule has 2 fully saturated rings. The first-order valence-electron chi connectivity index (χ1n) is 8.60. The molecule has 1 unspecified atom stereocenters. The maximum absolute atomic E-state index is 5.73. The predicted octanol–water partition coefficient (Wildman–Crippen LogP) is 0.309. The number of likely N-dealkylation sites (N-methyl/N-ethyl adjacent to an activating group) is 2. The molecule has 128 valence electrons. The van der Waals surface area contributed by atoms with Gasteiger partial charge in [-0.1, -0.05) is 0 Å². The predicted molar refractivity (Wildman–Crippen MR) is 91.5 cm³/mol. The summed E-state index contributed by atoms with van der Waals surface area (Å²) in [5.41, 5.74) is 0. The van der Waals surface area contributed by atoms with Crippen LogP contribution in [0.3, 0.4) is 0 Å². The monoisotopic (exact) mass is 311 g/mol. The minimum atomic E-state index is 0.428. The summed E-state index contributed by atoms with van der Waals surface area (Å²) in [4.78, 5) is 11.7. The van der Waals surface area contributed by atoms with Gasteiger partial charge in [0.15, 0.2) is 5.96 Å². The van der Waals surface area contributed by atoms with Crippen molar-refractivity contribution in [1.82, 2.24) is 20.0 Å². The lowest BCUT2D eigenvalue weighted by atomic mass is 10.1. The highest BCUT2D eigenvalue weighted by molar-refractivity contribution is 5.80. The van der Waals surface area contributed by atoms with Gasteiger partial charge in [0.2, 0.25) is 0 Å². The van der Waals surface area contributed by atoms with Crippen molar-refractivity contribution in [3.05, 3.63) is 0 Å². The third kappa shape index (κ3) is 4.83. The number of piperidine rings is 1. The molecule has 2 saturated heterocycles. The first kappa shape index (κ1) is 17.5. The van der Waals surface area contributed by atoms with E-state index in [9.17, 15) is 0 Å². The van der Waals surface area contributed by atoms with Gasteiger partial charge in [-0.15, -0.1) is 0 Å². The van der Waals surface area contributed by atoms with E-state index in [2.05, 4.69) is 46.0 Å². The van der Waals surface area contributed by atoms with Crippen molar-refractivity contribution in [2.24, 2.45) is 4.99 Å². The van der Waals surface area contributed by atoms with Gasteiger partial charge >= 0.3 is 0 Å². The summed E-state index contributed by atoms with van der Waals surface area (Å²) in [7, 11) is 6.30. The van der Waals surface area contributed by atoms with Crippen LogP contribution in [0.15, 0.2) is 4.99 Å². The molecular weight excluding hydrogens is 278 g/mol. The fourth-order valence-electron chi connectivity index (χ4n) is 3.33. The molecule has 0 bridgehead atoms. The van der Waals surface area contributed by atoms with Gasteiger partial charge < -0.3 is 19.9 Å². The smallest absolute Gasteiger partial charge is 0.193 e. The molecule has 6 nitrogen and oxygen atoms in total. The number of guanidine groups is 1. The number of piperazine rings is 1. The summed E-state index contributed by atoms with van der Waals surface area (Å²) < 4.78 is 5.73. The Kier molecular flexibility index (Phi) is 6.92. The van der Waals surface area contributed by atoms with Gasteiger partial charge in [0.1, 0.15) is 0 Å². The Balaban J connectivity index is 1.78. The first-order chi connectivity index (χ1) is 10.6. The molecule has 0 aromatic rings. The second-order valence-electron chi connectivity index (χ2n) is 6.47. The van der Waals surface area contributed by atoms with Crippen molar-refractivity contribution in [2.45, 2.75) is 31.9 Å². The van der Waals surface area contributed by atoms with E-state index in [1.165, 1.54) is 0 Å². The number of hydrogen-bond acceptors (Lipinski definition) is 4. The van der Waals surface area contributed by atoms with Crippen molar-refractivity contribution in [1.29, 1.82) is 0 Å². The van der Waals surface area contributed by atoms with Crippen LogP contribution in [0.5, 0.6) is 0 Å². The van der Waals surface area contributed by atoms with E-state index in [-0.39, 0.29) is 0 Å². The fourth-order valence-corrected chi connectivity index (χ4v) is 3.33. The van der Waals surface area contributed by atoms with Gasteiger partial charge in [-0.05, 0) is 33.9 Å². The van der Waals surface area contributed by atoms with E-state index in [0.717, 1.165) is 64.7 Å². The number of nitrogens with zero attached hydrogens (tertiary/aromatic N) is 4. The fraction of sp³-hybridized carbons (Fsp3) is 0.938. The van der Waals surface area contributed by atoms with Crippen molar-refractivity contribution in [2.75, 3.05) is 67.0 Å². The Morgan fingerprint density at radius 1 is 1.18 bits per heavy atom. The average molecular weight is 311 g/mol. The largest absolute Gasteiger partial charge is 0.378 e. The van der Waals surface area contributed by atoms with Crippen LogP contribution in [0, 0.1) is 0 Å². The Morgan fingerprint density at radius 2 is 1.91 bits per heavy atom. The molecule has 2 rings (SSSR count). The van der Waals surface area contributed by atoms with Crippen LogP contribution in [0.25, 0.3) is 0 Å². The molecule has 0 saturated carbocycles. The van der Waals surface area contributed by atoms with Gasteiger partial charge in [-0.25, -0.2) is 0 Å². The molecule has 6 heteroatoms. The molecule has 22 heavy (non-hydrogen) atoms. The topological polar surface area (TPSA) is 43.3 Å². The van der Waals surface area contributed by atoms with Gasteiger partial charge in [-0.3, -0.25) is 9.89 Å². The minimum Gasteiger partial charge on any atom is -0.378 e. The first-order valence-corrected chi connectivity index (χ1v) is 8.60. The number of aliphatic imine (C=N–C) groups is 1. The third-order valence-corrected chi connectivity index (χ3v) is 4.83. The van der Waals surface area contributed by atoms with Crippen molar-refractivity contribution < 1.29 is 4.74 Å². The van der Waals surface area contributed by atoms with Crippen LogP contribution in [-0.2, 0) is 4.74 Å². The third-order valence-electron chi connectivity index (χ3n) is 4.83. The summed E-state index contributed by atoms with van der Waals surface area (Å²) >= 11 is 0. The van der Waals surface area contributed by atoms with E-state index < -0.39 is 0 Å². The summed E-state index contributed by atoms with van der Waals surface area (Å²) in [5, 5.41) is 3.57. The molecule has 0 spiro atoms. The lowest BCUT2D eigenvalue weighted by molar-refractivity contribution is 0.0262. The number of likely N-dealkylation sites (tertiary alicyclic amines) is 1. The Labute approximate surface area is 135 Å². The number of hydrogen-bond donors (Lipinski definition) is 1. The summed E-state index contributed by atoms with van der Waals surface area (Å²) in [6, 6.07) is 0.552. The molecule has 2 aliphatic rings. The van der Waals surface area contributed by atoms with Crippen LogP contribution >= 0.6 is 0 Å². The van der Waals surface area contributed by atoms with Gasteiger partial charge in [0.25, 0.3) is 0 Å². The summed E-state index contributed by atoms with van der Waals surface area (Å²) in [6.07, 6.45) is 2.62. The molecule has 0 radical (unpaired) electrons. The van der Waals surface area contributed by atoms with Crippen LogP contribution in [-0.4, -0.2) is 99.8 Å². The van der Waals surface area contributed by atoms with Gasteiger partial charge in [-0.2, -0.15) is 0 Å². The highest BCUT2D eigenvalue weighted by Gasteiger charge is 2.25. The molecule has 2 aliphatic heterocycles. The lowest BCUT2D eigenvalue weighted by Gasteiger charge is -2.39. The second-order valence-corrected chi connectivity index (χ2v) is 6.47. The molecule has 1 N–H and O–H groups in total.